The molecule has 5 heteroatoms. The molecule has 4 nitrogen and oxygen atoms in total. The minimum absolute atomic E-state index is 0.122. The highest BCUT2D eigenvalue weighted by molar-refractivity contribution is 9.10. The molecule has 1 aromatic rings. The summed E-state index contributed by atoms with van der Waals surface area (Å²) in [5, 5.41) is 3.17. The van der Waals surface area contributed by atoms with Crippen molar-refractivity contribution in [2.24, 2.45) is 11.7 Å². The van der Waals surface area contributed by atoms with Gasteiger partial charge in [0.2, 0.25) is 5.91 Å². The molecule has 1 amide bonds. The number of ether oxygens (including phenoxy) is 1. The third-order valence-corrected chi connectivity index (χ3v) is 5.03. The van der Waals surface area contributed by atoms with Crippen molar-refractivity contribution in [2.45, 2.75) is 44.6 Å². The van der Waals surface area contributed by atoms with Crippen molar-refractivity contribution >= 4 is 21.8 Å². The Labute approximate surface area is 140 Å². The molecule has 0 aromatic heterocycles. The molecule has 2 rings (SSSR count). The van der Waals surface area contributed by atoms with E-state index < -0.39 is 0 Å². The van der Waals surface area contributed by atoms with Crippen LogP contribution in [0.1, 0.15) is 37.7 Å². The summed E-state index contributed by atoms with van der Waals surface area (Å²) < 4.78 is 6.13. The lowest BCUT2D eigenvalue weighted by Gasteiger charge is -2.31. The molecule has 22 heavy (non-hydrogen) atoms. The van der Waals surface area contributed by atoms with E-state index in [2.05, 4.69) is 21.2 Å². The van der Waals surface area contributed by atoms with Crippen LogP contribution in [0.3, 0.4) is 0 Å². The SMILES string of the molecule is COc1ccc(CCC(=O)NC2CCCCC2CN)cc1Br. The zero-order chi connectivity index (χ0) is 15.9. The third-order valence-electron chi connectivity index (χ3n) is 4.42. The number of carbonyl (C=O) groups is 1. The summed E-state index contributed by atoms with van der Waals surface area (Å²) >= 11 is 3.47. The lowest BCUT2D eigenvalue weighted by Crippen LogP contribution is -2.44. The van der Waals surface area contributed by atoms with Crippen molar-refractivity contribution in [2.75, 3.05) is 13.7 Å². The van der Waals surface area contributed by atoms with E-state index in [9.17, 15) is 4.79 Å². The quantitative estimate of drug-likeness (QED) is 0.810. The summed E-state index contributed by atoms with van der Waals surface area (Å²) in [5.41, 5.74) is 6.94. The summed E-state index contributed by atoms with van der Waals surface area (Å²) in [6.45, 7) is 0.663. The van der Waals surface area contributed by atoms with E-state index in [4.69, 9.17) is 10.5 Å². The van der Waals surface area contributed by atoms with E-state index in [1.807, 2.05) is 18.2 Å². The van der Waals surface area contributed by atoms with Crippen LogP contribution in [0.4, 0.5) is 0 Å². The number of hydrogen-bond donors (Lipinski definition) is 2. The second kappa shape index (κ2) is 8.53. The number of benzene rings is 1. The van der Waals surface area contributed by atoms with E-state index >= 15 is 0 Å². The van der Waals surface area contributed by atoms with Crippen LogP contribution in [0.15, 0.2) is 22.7 Å². The van der Waals surface area contributed by atoms with Gasteiger partial charge in [-0.15, -0.1) is 0 Å². The summed E-state index contributed by atoms with van der Waals surface area (Å²) in [6.07, 6.45) is 5.84. The number of nitrogens with one attached hydrogen (secondary N) is 1. The van der Waals surface area contributed by atoms with Gasteiger partial charge in [0.05, 0.1) is 11.6 Å². The summed E-state index contributed by atoms with van der Waals surface area (Å²) in [7, 11) is 1.64. The van der Waals surface area contributed by atoms with Crippen molar-refractivity contribution < 1.29 is 9.53 Å². The van der Waals surface area contributed by atoms with E-state index in [1.165, 1.54) is 12.8 Å². The minimum Gasteiger partial charge on any atom is -0.496 e. The van der Waals surface area contributed by atoms with Crippen LogP contribution in [0.25, 0.3) is 0 Å². The van der Waals surface area contributed by atoms with Crippen molar-refractivity contribution in [1.29, 1.82) is 0 Å². The topological polar surface area (TPSA) is 64.3 Å². The second-order valence-electron chi connectivity index (χ2n) is 5.92. The zero-order valence-electron chi connectivity index (χ0n) is 13.1. The first kappa shape index (κ1) is 17.3. The van der Waals surface area contributed by atoms with E-state index in [1.54, 1.807) is 7.11 Å². The fraction of sp³-hybridized carbons (Fsp3) is 0.588. The average Bonchev–Trinajstić information content (AvgIpc) is 2.53. The van der Waals surface area contributed by atoms with Crippen LogP contribution in [0.2, 0.25) is 0 Å². The first-order valence-corrected chi connectivity index (χ1v) is 8.75. The van der Waals surface area contributed by atoms with E-state index in [0.29, 0.717) is 18.9 Å². The molecule has 2 atom stereocenters. The van der Waals surface area contributed by atoms with Gasteiger partial charge < -0.3 is 15.8 Å². The molecular weight excluding hydrogens is 344 g/mol. The van der Waals surface area contributed by atoms with Crippen molar-refractivity contribution in [3.63, 3.8) is 0 Å². The number of amides is 1. The number of rotatable bonds is 6. The molecule has 3 N–H and O–H groups in total. The summed E-state index contributed by atoms with van der Waals surface area (Å²) in [5.74, 6) is 1.37. The smallest absolute Gasteiger partial charge is 0.220 e. The highest BCUT2D eigenvalue weighted by atomic mass is 79.9. The predicted octanol–water partition coefficient (Wildman–Crippen LogP) is 3.02. The van der Waals surface area contributed by atoms with E-state index in [-0.39, 0.29) is 11.9 Å². The largest absolute Gasteiger partial charge is 0.496 e. The number of hydrogen-bond acceptors (Lipinski definition) is 3. The molecule has 0 radical (unpaired) electrons. The maximum Gasteiger partial charge on any atom is 0.220 e. The Bertz CT molecular complexity index is 507. The fourth-order valence-electron chi connectivity index (χ4n) is 3.08. The maximum absolute atomic E-state index is 12.2. The minimum atomic E-state index is 0.122. The standard InChI is InChI=1S/C17H25BrN2O2/c1-22-16-8-6-12(10-14(16)18)7-9-17(21)20-15-5-3-2-4-13(15)11-19/h6,8,10,13,15H,2-5,7,9,11,19H2,1H3,(H,20,21). The molecule has 1 aromatic carbocycles. The fourth-order valence-corrected chi connectivity index (χ4v) is 3.67. The molecule has 0 heterocycles. The monoisotopic (exact) mass is 368 g/mol. The highest BCUT2D eigenvalue weighted by Crippen LogP contribution is 2.26. The Morgan fingerprint density at radius 1 is 1.41 bits per heavy atom. The molecular formula is C17H25BrN2O2. The molecule has 2 unspecified atom stereocenters. The Morgan fingerprint density at radius 3 is 2.86 bits per heavy atom. The van der Waals surface area contributed by atoms with Gasteiger partial charge in [0, 0.05) is 12.5 Å². The van der Waals surface area contributed by atoms with Gasteiger partial charge in [0.1, 0.15) is 5.75 Å². The second-order valence-corrected chi connectivity index (χ2v) is 6.78. The number of methoxy groups -OCH3 is 1. The van der Waals surface area contributed by atoms with Crippen LogP contribution < -0.4 is 15.8 Å². The Kier molecular flexibility index (Phi) is 6.70. The number of halogens is 1. The molecule has 0 bridgehead atoms. The normalized spacial score (nSPS) is 21.4. The summed E-state index contributed by atoms with van der Waals surface area (Å²) in [6, 6.07) is 6.19. The van der Waals surface area contributed by atoms with Crippen LogP contribution in [-0.4, -0.2) is 25.6 Å². The maximum atomic E-state index is 12.2. The Hall–Kier alpha value is -1.07. The molecule has 122 valence electrons. The third kappa shape index (κ3) is 4.71. The lowest BCUT2D eigenvalue weighted by molar-refractivity contribution is -0.122. The Balaban J connectivity index is 1.83. The van der Waals surface area contributed by atoms with Crippen LogP contribution >= 0.6 is 15.9 Å². The Morgan fingerprint density at radius 2 is 2.18 bits per heavy atom. The predicted molar refractivity (Wildman–Crippen MR) is 92.0 cm³/mol. The molecule has 0 aliphatic heterocycles. The van der Waals surface area contributed by atoms with Crippen molar-refractivity contribution in [3.8, 4) is 5.75 Å². The zero-order valence-corrected chi connectivity index (χ0v) is 14.7. The van der Waals surface area contributed by atoms with Gasteiger partial charge in [0.25, 0.3) is 0 Å². The first-order valence-electron chi connectivity index (χ1n) is 7.96. The molecule has 1 aliphatic rings. The lowest BCUT2D eigenvalue weighted by atomic mass is 9.84. The van der Waals surface area contributed by atoms with Gasteiger partial charge in [-0.05, 0) is 65.4 Å². The van der Waals surface area contributed by atoms with Crippen molar-refractivity contribution in [1.82, 2.24) is 5.32 Å². The average molecular weight is 369 g/mol. The van der Waals surface area contributed by atoms with Crippen molar-refractivity contribution in [3.05, 3.63) is 28.2 Å². The first-order chi connectivity index (χ1) is 10.6. The van der Waals surface area contributed by atoms with Gasteiger partial charge in [-0.1, -0.05) is 18.9 Å². The van der Waals surface area contributed by atoms with Gasteiger partial charge in [-0.2, -0.15) is 0 Å². The van der Waals surface area contributed by atoms with Gasteiger partial charge >= 0.3 is 0 Å². The molecule has 0 spiro atoms. The van der Waals surface area contributed by atoms with Gasteiger partial charge in [-0.3, -0.25) is 4.79 Å². The molecule has 1 fully saturated rings. The molecule has 0 saturated heterocycles. The van der Waals surface area contributed by atoms with Crippen LogP contribution in [-0.2, 0) is 11.2 Å². The van der Waals surface area contributed by atoms with Crippen LogP contribution in [0.5, 0.6) is 5.75 Å². The summed E-state index contributed by atoms with van der Waals surface area (Å²) in [4.78, 5) is 12.2. The molecule has 1 aliphatic carbocycles. The van der Waals surface area contributed by atoms with E-state index in [0.717, 1.165) is 35.0 Å². The van der Waals surface area contributed by atoms with Gasteiger partial charge in [0.15, 0.2) is 0 Å². The van der Waals surface area contributed by atoms with Gasteiger partial charge in [-0.25, -0.2) is 0 Å². The van der Waals surface area contributed by atoms with Crippen LogP contribution in [0, 0.1) is 5.92 Å². The number of carbonyl (C=O) groups excluding carboxylic acids is 1. The number of aryl methyl sites for hydroxylation is 1. The number of nitrogens with two attached hydrogens (primary N) is 1. The highest BCUT2D eigenvalue weighted by Gasteiger charge is 2.25. The molecule has 1 saturated carbocycles.